The van der Waals surface area contributed by atoms with E-state index in [0.29, 0.717) is 20.8 Å². The highest BCUT2D eigenvalue weighted by Gasteiger charge is 2.27. The molecule has 0 saturated carbocycles. The van der Waals surface area contributed by atoms with Crippen molar-refractivity contribution in [1.82, 2.24) is 5.32 Å². The summed E-state index contributed by atoms with van der Waals surface area (Å²) in [5.41, 5.74) is 0.373. The van der Waals surface area contributed by atoms with E-state index in [0.717, 1.165) is 0 Å². The Balaban J connectivity index is 2.62. The maximum absolute atomic E-state index is 11.9. The first-order chi connectivity index (χ1) is 9.23. The van der Waals surface area contributed by atoms with E-state index in [9.17, 15) is 22.8 Å². The molecular weight excluding hydrogens is 411 g/mol. The summed E-state index contributed by atoms with van der Waals surface area (Å²) in [5, 5.41) is 1.68. The van der Waals surface area contributed by atoms with Gasteiger partial charge in [0, 0.05) is 5.56 Å². The van der Waals surface area contributed by atoms with Crippen molar-refractivity contribution in [3.8, 4) is 5.75 Å². The van der Waals surface area contributed by atoms with Crippen LogP contribution in [0.15, 0.2) is 21.1 Å². The number of aldehydes is 1. The van der Waals surface area contributed by atoms with Crippen molar-refractivity contribution >= 4 is 44.1 Å². The first-order valence-electron chi connectivity index (χ1n) is 5.13. The number of hydrogen-bond acceptors (Lipinski definition) is 3. The topological polar surface area (TPSA) is 55.4 Å². The molecular formula is C11H8Br2F3NO3. The lowest BCUT2D eigenvalue weighted by Crippen LogP contribution is -2.36. The molecule has 0 radical (unpaired) electrons. The van der Waals surface area contributed by atoms with Gasteiger partial charge in [-0.25, -0.2) is 0 Å². The number of carbonyl (C=O) groups is 2. The van der Waals surface area contributed by atoms with Gasteiger partial charge in [0.25, 0.3) is 5.91 Å². The minimum Gasteiger partial charge on any atom is -0.481 e. The highest BCUT2D eigenvalue weighted by Crippen LogP contribution is 2.34. The van der Waals surface area contributed by atoms with Crippen molar-refractivity contribution in [2.45, 2.75) is 6.18 Å². The summed E-state index contributed by atoms with van der Waals surface area (Å²) in [6.07, 6.45) is -3.85. The summed E-state index contributed by atoms with van der Waals surface area (Å²) >= 11 is 6.27. The number of rotatable bonds is 5. The van der Waals surface area contributed by atoms with Crippen LogP contribution in [0.2, 0.25) is 0 Å². The minimum atomic E-state index is -4.47. The normalized spacial score (nSPS) is 11.1. The molecule has 1 aromatic carbocycles. The van der Waals surface area contributed by atoms with Crippen LogP contribution in [0.5, 0.6) is 5.75 Å². The van der Waals surface area contributed by atoms with Crippen molar-refractivity contribution in [3.63, 3.8) is 0 Å². The Morgan fingerprint density at radius 2 is 1.85 bits per heavy atom. The first kappa shape index (κ1) is 17.0. The van der Waals surface area contributed by atoms with Crippen molar-refractivity contribution in [2.75, 3.05) is 13.2 Å². The summed E-state index contributed by atoms with van der Waals surface area (Å²) in [6, 6.07) is 2.92. The second-order valence-electron chi connectivity index (χ2n) is 3.61. The van der Waals surface area contributed by atoms with Gasteiger partial charge >= 0.3 is 6.18 Å². The fourth-order valence-electron chi connectivity index (χ4n) is 1.17. The molecule has 9 heteroatoms. The van der Waals surface area contributed by atoms with Gasteiger partial charge in [-0.2, -0.15) is 13.2 Å². The molecule has 1 N–H and O–H groups in total. The van der Waals surface area contributed by atoms with Gasteiger partial charge in [0.1, 0.15) is 18.6 Å². The average molecular weight is 419 g/mol. The Bertz CT molecular complexity index is 497. The molecule has 0 spiro atoms. The molecule has 0 atom stereocenters. The van der Waals surface area contributed by atoms with Gasteiger partial charge < -0.3 is 10.1 Å². The molecule has 0 aliphatic carbocycles. The van der Waals surface area contributed by atoms with Gasteiger partial charge in [0.2, 0.25) is 0 Å². The standard InChI is InChI=1S/C11H8Br2F3NO3/c12-7-1-6(3-18)2-8(13)10(7)20-4-9(19)17-5-11(14,15)16/h1-3H,4-5H2,(H,17,19). The predicted octanol–water partition coefficient (Wildman–Crippen LogP) is 3.08. The van der Waals surface area contributed by atoms with Crippen molar-refractivity contribution in [2.24, 2.45) is 0 Å². The zero-order valence-electron chi connectivity index (χ0n) is 9.76. The lowest BCUT2D eigenvalue weighted by atomic mass is 10.2. The van der Waals surface area contributed by atoms with Crippen LogP contribution < -0.4 is 10.1 Å². The fourth-order valence-corrected chi connectivity index (χ4v) is 2.62. The fraction of sp³-hybridized carbons (Fsp3) is 0.273. The van der Waals surface area contributed by atoms with Crippen LogP contribution in [0.3, 0.4) is 0 Å². The highest BCUT2D eigenvalue weighted by atomic mass is 79.9. The number of ether oxygens (including phenoxy) is 1. The molecule has 110 valence electrons. The van der Waals surface area contributed by atoms with Crippen LogP contribution in [0, 0.1) is 0 Å². The number of amides is 1. The van der Waals surface area contributed by atoms with Crippen LogP contribution in [-0.2, 0) is 4.79 Å². The number of halogens is 5. The lowest BCUT2D eigenvalue weighted by Gasteiger charge is -2.12. The van der Waals surface area contributed by atoms with E-state index >= 15 is 0 Å². The summed E-state index contributed by atoms with van der Waals surface area (Å²) in [4.78, 5) is 21.8. The highest BCUT2D eigenvalue weighted by molar-refractivity contribution is 9.11. The van der Waals surface area contributed by atoms with E-state index in [-0.39, 0.29) is 5.75 Å². The number of nitrogens with one attached hydrogen (secondary N) is 1. The van der Waals surface area contributed by atoms with Crippen LogP contribution >= 0.6 is 31.9 Å². The van der Waals surface area contributed by atoms with E-state index in [2.05, 4.69) is 31.9 Å². The number of carbonyl (C=O) groups excluding carboxylic acids is 2. The number of benzene rings is 1. The molecule has 0 bridgehead atoms. The lowest BCUT2D eigenvalue weighted by molar-refractivity contribution is -0.139. The van der Waals surface area contributed by atoms with Crippen molar-refractivity contribution < 1.29 is 27.5 Å². The minimum absolute atomic E-state index is 0.220. The van der Waals surface area contributed by atoms with E-state index in [1.54, 1.807) is 5.32 Å². The van der Waals surface area contributed by atoms with Gasteiger partial charge in [-0.15, -0.1) is 0 Å². The summed E-state index contributed by atoms with van der Waals surface area (Å²) in [7, 11) is 0. The van der Waals surface area contributed by atoms with Gasteiger partial charge in [0.15, 0.2) is 6.61 Å². The third-order valence-electron chi connectivity index (χ3n) is 1.99. The average Bonchev–Trinajstić information content (AvgIpc) is 2.34. The van der Waals surface area contributed by atoms with Gasteiger partial charge in [-0.3, -0.25) is 9.59 Å². The third-order valence-corrected chi connectivity index (χ3v) is 3.17. The Kier molecular flexibility index (Phi) is 6.00. The molecule has 0 aliphatic rings. The predicted molar refractivity (Wildman–Crippen MR) is 71.8 cm³/mol. The van der Waals surface area contributed by atoms with Crippen LogP contribution in [0.1, 0.15) is 10.4 Å². The molecule has 20 heavy (non-hydrogen) atoms. The second kappa shape index (κ2) is 7.07. The zero-order valence-corrected chi connectivity index (χ0v) is 12.9. The molecule has 0 heterocycles. The van der Waals surface area contributed by atoms with Crippen molar-refractivity contribution in [3.05, 3.63) is 26.6 Å². The zero-order chi connectivity index (χ0) is 15.3. The molecule has 0 aliphatic heterocycles. The van der Waals surface area contributed by atoms with Crippen LogP contribution in [0.25, 0.3) is 0 Å². The molecule has 0 saturated heterocycles. The summed E-state index contributed by atoms with van der Waals surface area (Å²) < 4.78 is 41.6. The van der Waals surface area contributed by atoms with Crippen LogP contribution in [-0.4, -0.2) is 31.5 Å². The van der Waals surface area contributed by atoms with Gasteiger partial charge in [-0.05, 0) is 44.0 Å². The van der Waals surface area contributed by atoms with E-state index < -0.39 is 25.2 Å². The van der Waals surface area contributed by atoms with Gasteiger partial charge in [-0.1, -0.05) is 0 Å². The smallest absolute Gasteiger partial charge is 0.405 e. The molecule has 0 aromatic heterocycles. The summed E-state index contributed by atoms with van der Waals surface area (Å²) in [5.74, 6) is -0.682. The molecule has 1 aromatic rings. The van der Waals surface area contributed by atoms with Crippen molar-refractivity contribution in [1.29, 1.82) is 0 Å². The summed E-state index contributed by atoms with van der Waals surface area (Å²) in [6.45, 7) is -1.99. The number of hydrogen-bond donors (Lipinski definition) is 1. The maximum atomic E-state index is 11.9. The largest absolute Gasteiger partial charge is 0.481 e. The van der Waals surface area contributed by atoms with E-state index in [4.69, 9.17) is 4.74 Å². The van der Waals surface area contributed by atoms with Gasteiger partial charge in [0.05, 0.1) is 8.95 Å². The number of alkyl halides is 3. The molecule has 1 amide bonds. The quantitative estimate of drug-likeness (QED) is 0.747. The molecule has 1 rings (SSSR count). The van der Waals surface area contributed by atoms with E-state index in [1.807, 2.05) is 0 Å². The third kappa shape index (κ3) is 5.49. The van der Waals surface area contributed by atoms with Crippen LogP contribution in [0.4, 0.5) is 13.2 Å². The second-order valence-corrected chi connectivity index (χ2v) is 5.32. The monoisotopic (exact) mass is 417 g/mol. The first-order valence-corrected chi connectivity index (χ1v) is 6.72. The Morgan fingerprint density at radius 3 is 2.30 bits per heavy atom. The Labute approximate surface area is 128 Å². The molecule has 4 nitrogen and oxygen atoms in total. The SMILES string of the molecule is O=Cc1cc(Br)c(OCC(=O)NCC(F)(F)F)c(Br)c1. The Morgan fingerprint density at radius 1 is 1.30 bits per heavy atom. The Hall–Kier alpha value is -1.09. The maximum Gasteiger partial charge on any atom is 0.405 e. The van der Waals surface area contributed by atoms with E-state index in [1.165, 1.54) is 12.1 Å². The molecule has 0 fully saturated rings. The molecule has 0 unspecified atom stereocenters.